The zero-order chi connectivity index (χ0) is 13.5. The Morgan fingerprint density at radius 1 is 1.24 bits per heavy atom. The molecule has 0 radical (unpaired) electrons. The Hall–Kier alpha value is -1.02. The summed E-state index contributed by atoms with van der Waals surface area (Å²) in [5.41, 5.74) is 0. The van der Waals surface area contributed by atoms with Crippen molar-refractivity contribution in [3.05, 3.63) is 11.8 Å². The van der Waals surface area contributed by atoms with Crippen molar-refractivity contribution in [1.82, 2.24) is 0 Å². The molecule has 0 spiro atoms. The van der Waals surface area contributed by atoms with E-state index >= 15 is 0 Å². The third kappa shape index (κ3) is 2.47. The van der Waals surface area contributed by atoms with Crippen LogP contribution in [0, 0.1) is 0 Å². The first-order valence-corrected chi connectivity index (χ1v) is 4.26. The molecule has 0 aromatic heterocycles. The van der Waals surface area contributed by atoms with E-state index in [1.54, 1.807) is 0 Å². The molecule has 1 nitrogen and oxygen atoms in total. The zero-order valence-corrected chi connectivity index (χ0v) is 8.00. The van der Waals surface area contributed by atoms with Crippen LogP contribution in [-0.2, 0) is 4.74 Å². The van der Waals surface area contributed by atoms with Crippen molar-refractivity contribution < 1.29 is 39.9 Å². The Bertz CT molecular complexity index is 321. The quantitative estimate of drug-likeness (QED) is 0.711. The molecular formula is C8H6F8O. The highest BCUT2D eigenvalue weighted by atomic mass is 19.3. The standard InChI is InChI=1S/C8H6F8O/c9-5(10)6(11,12)3-17-4-1-2-7(13,14)8(4,15)16/h1,5H,2-3H2. The van der Waals surface area contributed by atoms with E-state index in [1.807, 2.05) is 0 Å². The number of halogens is 8. The van der Waals surface area contributed by atoms with Crippen LogP contribution in [-0.4, -0.2) is 30.8 Å². The van der Waals surface area contributed by atoms with Gasteiger partial charge in [-0.1, -0.05) is 0 Å². The van der Waals surface area contributed by atoms with Crippen molar-refractivity contribution in [1.29, 1.82) is 0 Å². The van der Waals surface area contributed by atoms with Gasteiger partial charge in [-0.15, -0.1) is 0 Å². The third-order valence-corrected chi connectivity index (χ3v) is 2.05. The molecule has 100 valence electrons. The van der Waals surface area contributed by atoms with Gasteiger partial charge in [0.25, 0.3) is 0 Å². The number of allylic oxidation sites excluding steroid dienone is 2. The molecule has 0 heterocycles. The molecule has 0 aromatic rings. The van der Waals surface area contributed by atoms with Crippen molar-refractivity contribution in [3.63, 3.8) is 0 Å². The van der Waals surface area contributed by atoms with E-state index in [-0.39, 0.29) is 6.08 Å². The second-order valence-electron chi connectivity index (χ2n) is 3.40. The molecule has 0 fully saturated rings. The van der Waals surface area contributed by atoms with Crippen molar-refractivity contribution in [2.24, 2.45) is 0 Å². The van der Waals surface area contributed by atoms with E-state index < -0.39 is 43.0 Å². The van der Waals surface area contributed by atoms with Gasteiger partial charge in [-0.05, 0) is 6.08 Å². The van der Waals surface area contributed by atoms with Gasteiger partial charge < -0.3 is 4.74 Å². The fourth-order valence-corrected chi connectivity index (χ4v) is 1.04. The van der Waals surface area contributed by atoms with Crippen LogP contribution in [0.1, 0.15) is 6.42 Å². The van der Waals surface area contributed by atoms with Crippen LogP contribution in [0.15, 0.2) is 11.8 Å². The second kappa shape index (κ2) is 4.02. The van der Waals surface area contributed by atoms with Gasteiger partial charge in [0.15, 0.2) is 12.4 Å². The largest absolute Gasteiger partial charge is 0.485 e. The molecule has 9 heteroatoms. The monoisotopic (exact) mass is 270 g/mol. The summed E-state index contributed by atoms with van der Waals surface area (Å²) in [7, 11) is 0. The number of hydrogen-bond acceptors (Lipinski definition) is 1. The van der Waals surface area contributed by atoms with Gasteiger partial charge in [-0.3, -0.25) is 0 Å². The van der Waals surface area contributed by atoms with Crippen LogP contribution in [0.5, 0.6) is 0 Å². The lowest BCUT2D eigenvalue weighted by Crippen LogP contribution is -2.40. The highest BCUT2D eigenvalue weighted by Crippen LogP contribution is 2.48. The topological polar surface area (TPSA) is 9.23 Å². The normalized spacial score (nSPS) is 22.8. The number of hydrogen-bond donors (Lipinski definition) is 0. The minimum atomic E-state index is -4.76. The lowest BCUT2D eigenvalue weighted by atomic mass is 10.2. The van der Waals surface area contributed by atoms with Crippen LogP contribution >= 0.6 is 0 Å². The fraction of sp³-hybridized carbons (Fsp3) is 0.750. The van der Waals surface area contributed by atoms with E-state index in [0.29, 0.717) is 0 Å². The number of alkyl halides is 8. The second-order valence-corrected chi connectivity index (χ2v) is 3.40. The van der Waals surface area contributed by atoms with Crippen molar-refractivity contribution in [2.45, 2.75) is 30.6 Å². The molecule has 0 bridgehead atoms. The van der Waals surface area contributed by atoms with E-state index in [4.69, 9.17) is 0 Å². The van der Waals surface area contributed by atoms with E-state index in [0.717, 1.165) is 0 Å². The molecule has 0 aliphatic heterocycles. The fourth-order valence-electron chi connectivity index (χ4n) is 1.04. The summed E-state index contributed by atoms with van der Waals surface area (Å²) in [6, 6.07) is 0. The summed E-state index contributed by atoms with van der Waals surface area (Å²) >= 11 is 0. The summed E-state index contributed by atoms with van der Waals surface area (Å²) in [5.74, 6) is -15.6. The molecule has 0 atom stereocenters. The maximum atomic E-state index is 12.8. The van der Waals surface area contributed by atoms with Gasteiger partial charge in [-0.25, -0.2) is 8.78 Å². The van der Waals surface area contributed by atoms with Crippen molar-refractivity contribution in [3.8, 4) is 0 Å². The highest BCUT2D eigenvalue weighted by molar-refractivity contribution is 5.20. The molecule has 0 saturated heterocycles. The predicted molar refractivity (Wildman–Crippen MR) is 39.5 cm³/mol. The Balaban J connectivity index is 2.67. The highest BCUT2D eigenvalue weighted by Gasteiger charge is 2.63. The first kappa shape index (κ1) is 14.0. The first-order valence-electron chi connectivity index (χ1n) is 4.26. The molecule has 1 aliphatic carbocycles. The van der Waals surface area contributed by atoms with Gasteiger partial charge >= 0.3 is 24.2 Å². The van der Waals surface area contributed by atoms with Crippen LogP contribution < -0.4 is 0 Å². The molecular weight excluding hydrogens is 264 g/mol. The molecule has 0 unspecified atom stereocenters. The predicted octanol–water partition coefficient (Wildman–Crippen LogP) is 3.46. The summed E-state index contributed by atoms with van der Waals surface area (Å²) < 4.78 is 102. The van der Waals surface area contributed by atoms with Crippen molar-refractivity contribution in [2.75, 3.05) is 6.61 Å². The van der Waals surface area contributed by atoms with E-state index in [2.05, 4.69) is 4.74 Å². The molecule has 1 aliphatic rings. The summed E-state index contributed by atoms with van der Waals surface area (Å²) in [4.78, 5) is 0. The van der Waals surface area contributed by atoms with Crippen molar-refractivity contribution >= 4 is 0 Å². The summed E-state index contributed by atoms with van der Waals surface area (Å²) in [6.45, 7) is -2.08. The van der Waals surface area contributed by atoms with Crippen LogP contribution in [0.25, 0.3) is 0 Å². The van der Waals surface area contributed by atoms with Crippen LogP contribution in [0.4, 0.5) is 35.1 Å². The summed E-state index contributed by atoms with van der Waals surface area (Å²) in [5, 5.41) is 0. The maximum absolute atomic E-state index is 12.8. The van der Waals surface area contributed by atoms with Gasteiger partial charge in [-0.2, -0.15) is 26.3 Å². The molecule has 0 saturated carbocycles. The minimum absolute atomic E-state index is 0.210. The molecule has 0 amide bonds. The lowest BCUT2D eigenvalue weighted by molar-refractivity contribution is -0.205. The number of ether oxygens (including phenoxy) is 1. The van der Waals surface area contributed by atoms with E-state index in [9.17, 15) is 35.1 Å². The Kier molecular flexibility index (Phi) is 3.32. The van der Waals surface area contributed by atoms with Gasteiger partial charge in [0.2, 0.25) is 0 Å². The number of rotatable bonds is 4. The Morgan fingerprint density at radius 2 is 1.76 bits per heavy atom. The Morgan fingerprint density at radius 3 is 2.12 bits per heavy atom. The molecule has 0 aromatic carbocycles. The SMILES string of the molecule is FC(F)C(F)(F)COC1=CCC(F)(F)C1(F)F. The molecule has 1 rings (SSSR count). The van der Waals surface area contributed by atoms with E-state index in [1.165, 1.54) is 0 Å². The van der Waals surface area contributed by atoms with Gasteiger partial charge in [0.1, 0.15) is 0 Å². The first-order chi connectivity index (χ1) is 7.51. The lowest BCUT2D eigenvalue weighted by Gasteiger charge is -2.23. The Labute approximate surface area is 90.0 Å². The smallest absolute Gasteiger partial charge is 0.365 e. The summed E-state index contributed by atoms with van der Waals surface area (Å²) in [6.07, 6.45) is -5.31. The zero-order valence-electron chi connectivity index (χ0n) is 8.00. The average molecular weight is 270 g/mol. The molecule has 17 heavy (non-hydrogen) atoms. The maximum Gasteiger partial charge on any atom is 0.365 e. The van der Waals surface area contributed by atoms with Gasteiger partial charge in [0, 0.05) is 6.42 Å². The minimum Gasteiger partial charge on any atom is -0.485 e. The van der Waals surface area contributed by atoms with Crippen LogP contribution in [0.3, 0.4) is 0 Å². The third-order valence-electron chi connectivity index (χ3n) is 2.05. The van der Waals surface area contributed by atoms with Gasteiger partial charge in [0.05, 0.1) is 0 Å². The average Bonchev–Trinajstić information content (AvgIpc) is 2.35. The van der Waals surface area contributed by atoms with Crippen LogP contribution in [0.2, 0.25) is 0 Å². The molecule has 0 N–H and O–H groups in total.